The fourth-order valence-electron chi connectivity index (χ4n) is 3.06. The minimum atomic E-state index is 0.747. The highest BCUT2D eigenvalue weighted by atomic mass is 16.5. The standard InChI is InChI=1S/C23H33NO2/c1-4-5-6-9-17-26-23-21(13-10-14-22(23)25-3)18-24-16-15-20-12-8-7-11-19(20)2/h7-8,10-14,24H,4-6,9,15-18H2,1-3H3. The van der Waals surface area contributed by atoms with Gasteiger partial charge in [0.1, 0.15) is 0 Å². The number of nitrogens with one attached hydrogen (secondary N) is 1. The molecule has 0 bridgehead atoms. The quantitative estimate of drug-likeness (QED) is 0.524. The molecule has 142 valence electrons. The zero-order valence-corrected chi connectivity index (χ0v) is 16.5. The third kappa shape index (κ3) is 6.38. The number of rotatable bonds is 12. The van der Waals surface area contributed by atoms with Crippen LogP contribution in [-0.4, -0.2) is 20.3 Å². The number of ether oxygens (including phenoxy) is 2. The van der Waals surface area contributed by atoms with Gasteiger partial charge in [-0.2, -0.15) is 0 Å². The molecule has 0 aromatic heterocycles. The second kappa shape index (κ2) is 11.6. The third-order valence-corrected chi connectivity index (χ3v) is 4.67. The summed E-state index contributed by atoms with van der Waals surface area (Å²) in [7, 11) is 1.70. The van der Waals surface area contributed by atoms with Gasteiger partial charge in [0.2, 0.25) is 0 Å². The van der Waals surface area contributed by atoms with Crippen molar-refractivity contribution < 1.29 is 9.47 Å². The molecule has 0 aliphatic rings. The Morgan fingerprint density at radius 3 is 2.50 bits per heavy atom. The maximum absolute atomic E-state index is 6.08. The summed E-state index contributed by atoms with van der Waals surface area (Å²) in [5.74, 6) is 1.70. The molecule has 26 heavy (non-hydrogen) atoms. The Bertz CT molecular complexity index is 654. The Morgan fingerprint density at radius 1 is 0.923 bits per heavy atom. The largest absolute Gasteiger partial charge is 0.493 e. The van der Waals surface area contributed by atoms with Crippen molar-refractivity contribution in [2.45, 2.75) is 52.5 Å². The van der Waals surface area contributed by atoms with Crippen LogP contribution in [0.3, 0.4) is 0 Å². The minimum absolute atomic E-state index is 0.747. The van der Waals surface area contributed by atoms with E-state index in [2.05, 4.69) is 49.5 Å². The summed E-state index contributed by atoms with van der Waals surface area (Å²) in [5.41, 5.74) is 3.91. The molecule has 0 aliphatic heterocycles. The second-order valence-electron chi connectivity index (χ2n) is 6.71. The maximum Gasteiger partial charge on any atom is 0.165 e. The van der Waals surface area contributed by atoms with E-state index in [1.165, 1.54) is 30.4 Å². The lowest BCUT2D eigenvalue weighted by Crippen LogP contribution is -2.18. The number of para-hydroxylation sites is 1. The van der Waals surface area contributed by atoms with Gasteiger partial charge in [-0.25, -0.2) is 0 Å². The number of hydrogen-bond donors (Lipinski definition) is 1. The normalized spacial score (nSPS) is 10.7. The summed E-state index contributed by atoms with van der Waals surface area (Å²) in [4.78, 5) is 0. The summed E-state index contributed by atoms with van der Waals surface area (Å²) < 4.78 is 11.6. The number of aryl methyl sites for hydroxylation is 1. The van der Waals surface area contributed by atoms with Crippen molar-refractivity contribution in [3.05, 3.63) is 59.2 Å². The molecule has 0 saturated carbocycles. The topological polar surface area (TPSA) is 30.5 Å². The van der Waals surface area contributed by atoms with Gasteiger partial charge in [-0.3, -0.25) is 0 Å². The SMILES string of the molecule is CCCCCCOc1c(CNCCc2ccccc2C)cccc1OC. The molecule has 3 nitrogen and oxygen atoms in total. The molecule has 0 amide bonds. The van der Waals surface area contributed by atoms with Crippen molar-refractivity contribution in [1.82, 2.24) is 5.32 Å². The van der Waals surface area contributed by atoms with Crippen LogP contribution in [0.15, 0.2) is 42.5 Å². The zero-order chi connectivity index (χ0) is 18.6. The van der Waals surface area contributed by atoms with Gasteiger partial charge in [-0.1, -0.05) is 62.6 Å². The molecule has 0 heterocycles. The van der Waals surface area contributed by atoms with Gasteiger partial charge in [-0.05, 0) is 43.5 Å². The van der Waals surface area contributed by atoms with Gasteiger partial charge < -0.3 is 14.8 Å². The molecule has 0 unspecified atom stereocenters. The molecule has 1 N–H and O–H groups in total. The first kappa shape index (κ1) is 20.3. The van der Waals surface area contributed by atoms with Crippen LogP contribution in [0.1, 0.15) is 49.3 Å². The summed E-state index contributed by atoms with van der Waals surface area (Å²) in [6, 6.07) is 14.7. The van der Waals surface area contributed by atoms with E-state index < -0.39 is 0 Å². The highest BCUT2D eigenvalue weighted by molar-refractivity contribution is 5.46. The molecule has 0 spiro atoms. The first-order valence-corrected chi connectivity index (χ1v) is 9.80. The van der Waals surface area contributed by atoms with Crippen LogP contribution < -0.4 is 14.8 Å². The van der Waals surface area contributed by atoms with E-state index in [1.807, 2.05) is 12.1 Å². The molecule has 2 aromatic rings. The van der Waals surface area contributed by atoms with Crippen LogP contribution >= 0.6 is 0 Å². The first-order chi connectivity index (χ1) is 12.8. The maximum atomic E-state index is 6.08. The van der Waals surface area contributed by atoms with E-state index >= 15 is 0 Å². The van der Waals surface area contributed by atoms with Crippen LogP contribution in [-0.2, 0) is 13.0 Å². The van der Waals surface area contributed by atoms with Crippen molar-refractivity contribution in [3.8, 4) is 11.5 Å². The molecule has 2 aromatic carbocycles. The zero-order valence-electron chi connectivity index (χ0n) is 16.5. The number of unbranched alkanes of at least 4 members (excludes halogenated alkanes) is 3. The lowest BCUT2D eigenvalue weighted by Gasteiger charge is -2.16. The van der Waals surface area contributed by atoms with E-state index in [-0.39, 0.29) is 0 Å². The van der Waals surface area contributed by atoms with E-state index in [4.69, 9.17) is 9.47 Å². The number of hydrogen-bond acceptors (Lipinski definition) is 3. The lowest BCUT2D eigenvalue weighted by atomic mass is 10.1. The predicted octanol–water partition coefficient (Wildman–Crippen LogP) is 5.30. The molecule has 0 fully saturated rings. The number of methoxy groups -OCH3 is 1. The van der Waals surface area contributed by atoms with Gasteiger partial charge in [0.15, 0.2) is 11.5 Å². The van der Waals surface area contributed by atoms with E-state index in [0.717, 1.165) is 49.6 Å². The molecule has 2 rings (SSSR count). The van der Waals surface area contributed by atoms with Gasteiger partial charge in [0.05, 0.1) is 13.7 Å². The van der Waals surface area contributed by atoms with Crippen LogP contribution in [0.2, 0.25) is 0 Å². The van der Waals surface area contributed by atoms with Crippen LogP contribution in [0, 0.1) is 6.92 Å². The minimum Gasteiger partial charge on any atom is -0.493 e. The lowest BCUT2D eigenvalue weighted by molar-refractivity contribution is 0.281. The molecule has 0 saturated heterocycles. The Kier molecular flexibility index (Phi) is 9.05. The average Bonchev–Trinajstić information content (AvgIpc) is 2.67. The first-order valence-electron chi connectivity index (χ1n) is 9.80. The van der Waals surface area contributed by atoms with Crippen molar-refractivity contribution in [1.29, 1.82) is 0 Å². The van der Waals surface area contributed by atoms with Gasteiger partial charge in [-0.15, -0.1) is 0 Å². The Morgan fingerprint density at radius 2 is 1.73 bits per heavy atom. The van der Waals surface area contributed by atoms with E-state index in [1.54, 1.807) is 7.11 Å². The van der Waals surface area contributed by atoms with Crippen molar-refractivity contribution in [2.75, 3.05) is 20.3 Å². The van der Waals surface area contributed by atoms with Crippen LogP contribution in [0.25, 0.3) is 0 Å². The van der Waals surface area contributed by atoms with E-state index in [9.17, 15) is 0 Å². The summed E-state index contributed by atoms with van der Waals surface area (Å²) in [6.07, 6.45) is 5.85. The van der Waals surface area contributed by atoms with Crippen LogP contribution in [0.5, 0.6) is 11.5 Å². The average molecular weight is 356 g/mol. The summed E-state index contributed by atoms with van der Waals surface area (Å²) in [5, 5.41) is 3.54. The Hall–Kier alpha value is -2.00. The molecular weight excluding hydrogens is 322 g/mol. The van der Waals surface area contributed by atoms with Gasteiger partial charge >= 0.3 is 0 Å². The molecule has 0 radical (unpaired) electrons. The Labute approximate surface area is 158 Å². The smallest absolute Gasteiger partial charge is 0.165 e. The third-order valence-electron chi connectivity index (χ3n) is 4.67. The van der Waals surface area contributed by atoms with Crippen molar-refractivity contribution in [2.24, 2.45) is 0 Å². The summed E-state index contributed by atoms with van der Waals surface area (Å²) >= 11 is 0. The highest BCUT2D eigenvalue weighted by Gasteiger charge is 2.10. The van der Waals surface area contributed by atoms with Gasteiger partial charge in [0.25, 0.3) is 0 Å². The monoisotopic (exact) mass is 355 g/mol. The number of benzene rings is 2. The highest BCUT2D eigenvalue weighted by Crippen LogP contribution is 2.31. The van der Waals surface area contributed by atoms with Crippen molar-refractivity contribution in [3.63, 3.8) is 0 Å². The van der Waals surface area contributed by atoms with E-state index in [0.29, 0.717) is 0 Å². The predicted molar refractivity (Wildman–Crippen MR) is 109 cm³/mol. The van der Waals surface area contributed by atoms with Crippen LogP contribution in [0.4, 0.5) is 0 Å². The van der Waals surface area contributed by atoms with Crippen molar-refractivity contribution >= 4 is 0 Å². The summed E-state index contributed by atoms with van der Waals surface area (Å²) in [6.45, 7) is 6.87. The fraction of sp³-hybridized carbons (Fsp3) is 0.478. The Balaban J connectivity index is 1.88. The molecular formula is C23H33NO2. The molecule has 0 atom stereocenters. The van der Waals surface area contributed by atoms with Gasteiger partial charge in [0, 0.05) is 12.1 Å². The second-order valence-corrected chi connectivity index (χ2v) is 6.71. The fourth-order valence-corrected chi connectivity index (χ4v) is 3.06. The molecule has 3 heteroatoms. The molecule has 0 aliphatic carbocycles.